The topological polar surface area (TPSA) is 150 Å². The standard InChI is InChI=1S/C38H45N3O10S/c1-37(2,3)50-35(45)30-26-16-28(33(43)41-18-22-14-24(48-8)15-25(27(22)19-41)34(44)49-9)40(17-21-10-12-23(47-7)13-11-21)20-29(26)52-32(30)39-31(42)36(46)51-38(4,5)6/h10-15,28H,16-20H2,1-9H3,(H,39,42). The number of hydrogen-bond acceptors (Lipinski definition) is 12. The second kappa shape index (κ2) is 15.0. The van der Waals surface area contributed by atoms with E-state index in [0.29, 0.717) is 34.7 Å². The molecular formula is C38H45N3O10S. The predicted octanol–water partition coefficient (Wildman–Crippen LogP) is 5.26. The fraction of sp³-hybridized carbons (Fsp3) is 0.447. The first-order chi connectivity index (χ1) is 24.4. The van der Waals surface area contributed by atoms with Crippen molar-refractivity contribution >= 4 is 46.1 Å². The number of benzene rings is 2. The Morgan fingerprint density at radius 2 is 1.46 bits per heavy atom. The highest BCUT2D eigenvalue weighted by Crippen LogP contribution is 2.41. The molecule has 14 heteroatoms. The van der Waals surface area contributed by atoms with Crippen LogP contribution < -0.4 is 14.8 Å². The van der Waals surface area contributed by atoms with Gasteiger partial charge in [-0.05, 0) is 94.5 Å². The Morgan fingerprint density at radius 1 is 0.808 bits per heavy atom. The monoisotopic (exact) mass is 735 g/mol. The third-order valence-corrected chi connectivity index (χ3v) is 9.63. The minimum atomic E-state index is -1.10. The van der Waals surface area contributed by atoms with Gasteiger partial charge in [0.2, 0.25) is 5.91 Å². The smallest absolute Gasteiger partial charge is 0.397 e. The van der Waals surface area contributed by atoms with Crippen LogP contribution >= 0.6 is 11.3 Å². The molecule has 0 fully saturated rings. The lowest BCUT2D eigenvalue weighted by atomic mass is 9.94. The summed E-state index contributed by atoms with van der Waals surface area (Å²) in [6.45, 7) is 11.2. The molecule has 2 amide bonds. The first-order valence-electron chi connectivity index (χ1n) is 16.8. The van der Waals surface area contributed by atoms with Crippen LogP contribution in [0.3, 0.4) is 0 Å². The highest BCUT2D eigenvalue weighted by Gasteiger charge is 2.41. The molecule has 52 heavy (non-hydrogen) atoms. The maximum absolute atomic E-state index is 14.7. The van der Waals surface area contributed by atoms with Gasteiger partial charge in [0.1, 0.15) is 27.7 Å². The Morgan fingerprint density at radius 3 is 2.06 bits per heavy atom. The summed E-state index contributed by atoms with van der Waals surface area (Å²) >= 11 is 1.16. The first-order valence-corrected chi connectivity index (χ1v) is 17.6. The van der Waals surface area contributed by atoms with Gasteiger partial charge < -0.3 is 33.9 Å². The lowest BCUT2D eigenvalue weighted by Crippen LogP contribution is -2.50. The summed E-state index contributed by atoms with van der Waals surface area (Å²) < 4.78 is 26.9. The number of nitrogens with one attached hydrogen (secondary N) is 1. The van der Waals surface area contributed by atoms with Crippen molar-refractivity contribution in [3.63, 3.8) is 0 Å². The Kier molecular flexibility index (Phi) is 11.0. The van der Waals surface area contributed by atoms with Gasteiger partial charge in [0.25, 0.3) is 0 Å². The van der Waals surface area contributed by atoms with E-state index in [2.05, 4.69) is 5.32 Å². The van der Waals surface area contributed by atoms with Gasteiger partial charge in [0.15, 0.2) is 0 Å². The average molecular weight is 736 g/mol. The molecule has 3 heterocycles. The maximum atomic E-state index is 14.7. The lowest BCUT2D eigenvalue weighted by Gasteiger charge is -2.37. The second-order valence-corrected chi connectivity index (χ2v) is 15.7. The third-order valence-electron chi connectivity index (χ3n) is 8.50. The molecular weight excluding hydrogens is 690 g/mol. The summed E-state index contributed by atoms with van der Waals surface area (Å²) in [4.78, 5) is 71.4. The Labute approximate surface area is 307 Å². The summed E-state index contributed by atoms with van der Waals surface area (Å²) in [5, 5.41) is 2.73. The van der Waals surface area contributed by atoms with Gasteiger partial charge in [-0.1, -0.05) is 12.1 Å². The van der Waals surface area contributed by atoms with E-state index in [-0.39, 0.29) is 42.5 Å². The van der Waals surface area contributed by atoms with Gasteiger partial charge in [0, 0.05) is 31.1 Å². The van der Waals surface area contributed by atoms with E-state index in [9.17, 15) is 24.0 Å². The van der Waals surface area contributed by atoms with Crippen LogP contribution in [0, 0.1) is 0 Å². The van der Waals surface area contributed by atoms with Gasteiger partial charge in [-0.25, -0.2) is 14.4 Å². The van der Waals surface area contributed by atoms with Crippen molar-refractivity contribution in [3.8, 4) is 11.5 Å². The van der Waals surface area contributed by atoms with E-state index in [1.54, 1.807) is 59.6 Å². The van der Waals surface area contributed by atoms with Crippen LogP contribution in [0.4, 0.5) is 5.00 Å². The molecule has 0 aliphatic carbocycles. The molecule has 13 nitrogen and oxygen atoms in total. The third kappa shape index (κ3) is 8.56. The zero-order chi connectivity index (χ0) is 38.1. The molecule has 0 saturated heterocycles. The Hall–Kier alpha value is -4.95. The largest absolute Gasteiger partial charge is 0.497 e. The summed E-state index contributed by atoms with van der Waals surface area (Å²) in [6.07, 6.45) is 0.109. The minimum absolute atomic E-state index is 0.0937. The van der Waals surface area contributed by atoms with Crippen molar-refractivity contribution in [3.05, 3.63) is 74.7 Å². The molecule has 1 unspecified atom stereocenters. The number of thiophene rings is 1. The number of nitrogens with zero attached hydrogens (tertiary/aromatic N) is 2. The second-order valence-electron chi connectivity index (χ2n) is 14.6. The van der Waals surface area contributed by atoms with Crippen molar-refractivity contribution in [2.75, 3.05) is 26.6 Å². The lowest BCUT2D eigenvalue weighted by molar-refractivity contribution is -0.161. The number of anilines is 1. The van der Waals surface area contributed by atoms with Crippen LogP contribution in [0.2, 0.25) is 0 Å². The number of rotatable bonds is 8. The van der Waals surface area contributed by atoms with Crippen LogP contribution in [-0.4, -0.2) is 78.1 Å². The number of methoxy groups -OCH3 is 3. The highest BCUT2D eigenvalue weighted by atomic mass is 32.1. The number of carbonyl (C=O) groups excluding carboxylic acids is 5. The zero-order valence-electron chi connectivity index (χ0n) is 31.0. The summed E-state index contributed by atoms with van der Waals surface area (Å²) in [7, 11) is 4.39. The van der Waals surface area contributed by atoms with E-state index in [4.69, 9.17) is 23.7 Å². The summed E-state index contributed by atoms with van der Waals surface area (Å²) in [5.41, 5.74) is 1.55. The van der Waals surface area contributed by atoms with Gasteiger partial charge in [0.05, 0.1) is 38.5 Å². The van der Waals surface area contributed by atoms with E-state index < -0.39 is 41.1 Å². The quantitative estimate of drug-likeness (QED) is 0.184. The Balaban J connectivity index is 1.55. The summed E-state index contributed by atoms with van der Waals surface area (Å²) in [6, 6.07) is 10.2. The number of ether oxygens (including phenoxy) is 5. The fourth-order valence-corrected chi connectivity index (χ4v) is 7.46. The van der Waals surface area contributed by atoms with Crippen molar-refractivity contribution in [2.45, 2.75) is 91.4 Å². The van der Waals surface area contributed by atoms with Gasteiger partial charge in [-0.3, -0.25) is 14.5 Å². The normalized spacial score (nSPS) is 15.6. The number of amides is 2. The van der Waals surface area contributed by atoms with Crippen molar-refractivity contribution in [2.24, 2.45) is 0 Å². The van der Waals surface area contributed by atoms with Crippen LogP contribution in [-0.2, 0) is 61.2 Å². The van der Waals surface area contributed by atoms with E-state index in [1.807, 2.05) is 35.2 Å². The summed E-state index contributed by atoms with van der Waals surface area (Å²) in [5.74, 6) is -2.41. The number of fused-ring (bicyclic) bond motifs is 2. The molecule has 0 radical (unpaired) electrons. The zero-order valence-corrected chi connectivity index (χ0v) is 31.8. The maximum Gasteiger partial charge on any atom is 0.397 e. The molecule has 0 spiro atoms. The predicted molar refractivity (Wildman–Crippen MR) is 192 cm³/mol. The molecule has 1 N–H and O–H groups in total. The highest BCUT2D eigenvalue weighted by molar-refractivity contribution is 7.17. The fourth-order valence-electron chi connectivity index (χ4n) is 6.22. The van der Waals surface area contributed by atoms with Crippen molar-refractivity contribution < 1.29 is 47.7 Å². The minimum Gasteiger partial charge on any atom is -0.497 e. The van der Waals surface area contributed by atoms with Gasteiger partial charge in [-0.2, -0.15) is 0 Å². The molecule has 278 valence electrons. The SMILES string of the molecule is COC(=O)c1cc(OC)cc2c1CN(C(=O)C1Cc3c(sc(NC(=O)C(=O)OC(C)(C)C)c3C(=O)OC(C)(C)C)CN1Cc1ccc(OC)cc1)C2. The van der Waals surface area contributed by atoms with Crippen molar-refractivity contribution in [1.29, 1.82) is 0 Å². The first kappa shape index (κ1) is 38.3. The molecule has 0 saturated carbocycles. The van der Waals surface area contributed by atoms with E-state index in [1.165, 1.54) is 14.2 Å². The molecule has 1 aromatic heterocycles. The molecule has 0 bridgehead atoms. The van der Waals surface area contributed by atoms with Gasteiger partial charge >= 0.3 is 23.8 Å². The van der Waals surface area contributed by atoms with E-state index >= 15 is 0 Å². The molecule has 2 aliphatic heterocycles. The van der Waals surface area contributed by atoms with Crippen LogP contribution in [0.1, 0.15) is 89.4 Å². The van der Waals surface area contributed by atoms with Crippen LogP contribution in [0.5, 0.6) is 11.5 Å². The molecule has 5 rings (SSSR count). The Bertz CT molecular complexity index is 1890. The number of carbonyl (C=O) groups is 5. The van der Waals surface area contributed by atoms with E-state index in [0.717, 1.165) is 27.3 Å². The molecule has 3 aromatic rings. The average Bonchev–Trinajstić information content (AvgIpc) is 3.66. The van der Waals surface area contributed by atoms with Crippen molar-refractivity contribution in [1.82, 2.24) is 9.80 Å². The van der Waals surface area contributed by atoms with Gasteiger partial charge in [-0.15, -0.1) is 11.3 Å². The molecule has 2 aliphatic rings. The number of esters is 3. The molecule has 1 atom stereocenters. The van der Waals surface area contributed by atoms with Crippen LogP contribution in [0.15, 0.2) is 36.4 Å². The molecule has 2 aromatic carbocycles. The van der Waals surface area contributed by atoms with Crippen LogP contribution in [0.25, 0.3) is 0 Å². The number of hydrogen-bond donors (Lipinski definition) is 1.